The standard InChI is InChI=1S/C15H22FN3/c1-11(2)7-14(10-19(3)4)18-15-6-5-13(16)8-12(15)9-17/h5-6,8,11,14,18H,7,10H2,1-4H3. The van der Waals surface area contributed by atoms with Crippen molar-refractivity contribution in [1.29, 1.82) is 5.26 Å². The highest BCUT2D eigenvalue weighted by atomic mass is 19.1. The van der Waals surface area contributed by atoms with E-state index in [4.69, 9.17) is 5.26 Å². The number of hydrogen-bond donors (Lipinski definition) is 1. The molecular weight excluding hydrogens is 241 g/mol. The van der Waals surface area contributed by atoms with Crippen molar-refractivity contribution >= 4 is 5.69 Å². The molecule has 0 spiro atoms. The Morgan fingerprint density at radius 3 is 2.58 bits per heavy atom. The molecule has 1 rings (SSSR count). The molecule has 0 aromatic heterocycles. The van der Waals surface area contributed by atoms with Gasteiger partial charge in [-0.3, -0.25) is 0 Å². The molecule has 1 atom stereocenters. The predicted molar refractivity (Wildman–Crippen MR) is 76.5 cm³/mol. The van der Waals surface area contributed by atoms with Gasteiger partial charge < -0.3 is 10.2 Å². The number of hydrogen-bond acceptors (Lipinski definition) is 3. The maximum Gasteiger partial charge on any atom is 0.124 e. The third-order valence-corrected chi connectivity index (χ3v) is 2.80. The monoisotopic (exact) mass is 263 g/mol. The van der Waals surface area contributed by atoms with E-state index in [0.717, 1.165) is 13.0 Å². The first kappa shape index (κ1) is 15.5. The van der Waals surface area contributed by atoms with E-state index in [1.807, 2.05) is 20.2 Å². The SMILES string of the molecule is CC(C)CC(CN(C)C)Nc1ccc(F)cc1C#N. The molecule has 1 aromatic carbocycles. The fraction of sp³-hybridized carbons (Fsp3) is 0.533. The van der Waals surface area contributed by atoms with E-state index in [-0.39, 0.29) is 11.9 Å². The average Bonchev–Trinajstić information content (AvgIpc) is 2.29. The van der Waals surface area contributed by atoms with Crippen LogP contribution in [0, 0.1) is 23.1 Å². The van der Waals surface area contributed by atoms with Crippen LogP contribution in [0.4, 0.5) is 10.1 Å². The molecule has 4 heteroatoms. The fourth-order valence-electron chi connectivity index (χ4n) is 2.14. The van der Waals surface area contributed by atoms with Gasteiger partial charge in [-0.15, -0.1) is 0 Å². The van der Waals surface area contributed by atoms with Crippen LogP contribution in [-0.4, -0.2) is 31.6 Å². The minimum Gasteiger partial charge on any atom is -0.380 e. The zero-order valence-corrected chi connectivity index (χ0v) is 12.1. The van der Waals surface area contributed by atoms with Crippen LogP contribution >= 0.6 is 0 Å². The summed E-state index contributed by atoms with van der Waals surface area (Å²) in [7, 11) is 4.04. The number of benzene rings is 1. The van der Waals surface area contributed by atoms with Gasteiger partial charge in [0.15, 0.2) is 0 Å². The number of nitriles is 1. The van der Waals surface area contributed by atoms with Crippen molar-refractivity contribution in [3.8, 4) is 6.07 Å². The molecule has 104 valence electrons. The summed E-state index contributed by atoms with van der Waals surface area (Å²) in [5.41, 5.74) is 1.06. The molecule has 0 bridgehead atoms. The van der Waals surface area contributed by atoms with E-state index in [2.05, 4.69) is 24.1 Å². The summed E-state index contributed by atoms with van der Waals surface area (Å²) in [4.78, 5) is 2.11. The first-order valence-electron chi connectivity index (χ1n) is 6.53. The Kier molecular flexibility index (Phi) is 5.78. The van der Waals surface area contributed by atoms with E-state index < -0.39 is 0 Å². The van der Waals surface area contributed by atoms with Crippen molar-refractivity contribution in [2.45, 2.75) is 26.3 Å². The molecule has 0 radical (unpaired) electrons. The number of anilines is 1. The van der Waals surface area contributed by atoms with Gasteiger partial charge in [0.1, 0.15) is 11.9 Å². The third-order valence-electron chi connectivity index (χ3n) is 2.80. The molecule has 0 aliphatic carbocycles. The highest BCUT2D eigenvalue weighted by molar-refractivity contribution is 5.57. The van der Waals surface area contributed by atoms with E-state index in [9.17, 15) is 4.39 Å². The average molecular weight is 263 g/mol. The maximum absolute atomic E-state index is 13.1. The van der Waals surface area contributed by atoms with Crippen molar-refractivity contribution in [3.63, 3.8) is 0 Å². The zero-order chi connectivity index (χ0) is 14.4. The topological polar surface area (TPSA) is 39.1 Å². The third kappa shape index (κ3) is 5.27. The first-order valence-corrected chi connectivity index (χ1v) is 6.53. The second kappa shape index (κ2) is 7.10. The van der Waals surface area contributed by atoms with Crippen LogP contribution in [0.1, 0.15) is 25.8 Å². The van der Waals surface area contributed by atoms with Crippen LogP contribution < -0.4 is 5.32 Å². The number of nitrogens with one attached hydrogen (secondary N) is 1. The Bertz CT molecular complexity index is 439. The van der Waals surface area contributed by atoms with Gasteiger partial charge in [0.25, 0.3) is 0 Å². The number of rotatable bonds is 6. The molecule has 1 unspecified atom stereocenters. The first-order chi connectivity index (χ1) is 8.92. The molecule has 0 aliphatic heterocycles. The number of halogens is 1. The Morgan fingerprint density at radius 1 is 1.37 bits per heavy atom. The molecule has 0 aliphatic rings. The lowest BCUT2D eigenvalue weighted by Crippen LogP contribution is -2.33. The quantitative estimate of drug-likeness (QED) is 0.857. The molecule has 0 amide bonds. The minimum atomic E-state index is -0.380. The lowest BCUT2D eigenvalue weighted by molar-refractivity contribution is 0.356. The lowest BCUT2D eigenvalue weighted by Gasteiger charge is -2.25. The lowest BCUT2D eigenvalue weighted by atomic mass is 10.0. The second-order valence-corrected chi connectivity index (χ2v) is 5.53. The van der Waals surface area contributed by atoms with Crippen LogP contribution in [0.3, 0.4) is 0 Å². The van der Waals surface area contributed by atoms with Crippen LogP contribution in [0.2, 0.25) is 0 Å². The molecule has 1 N–H and O–H groups in total. The van der Waals surface area contributed by atoms with Crippen molar-refractivity contribution in [2.24, 2.45) is 5.92 Å². The van der Waals surface area contributed by atoms with E-state index >= 15 is 0 Å². The number of nitrogens with zero attached hydrogens (tertiary/aromatic N) is 2. The molecule has 19 heavy (non-hydrogen) atoms. The van der Waals surface area contributed by atoms with Crippen LogP contribution in [0.25, 0.3) is 0 Å². The van der Waals surface area contributed by atoms with Gasteiger partial charge in [0, 0.05) is 12.6 Å². The van der Waals surface area contributed by atoms with Gasteiger partial charge in [-0.05, 0) is 44.6 Å². The highest BCUT2D eigenvalue weighted by Gasteiger charge is 2.14. The van der Waals surface area contributed by atoms with E-state index in [0.29, 0.717) is 17.2 Å². The predicted octanol–water partition coefficient (Wildman–Crippen LogP) is 3.09. The van der Waals surface area contributed by atoms with Gasteiger partial charge in [0.05, 0.1) is 11.3 Å². The molecule has 1 aromatic rings. The summed E-state index contributed by atoms with van der Waals surface area (Å²) >= 11 is 0. The summed E-state index contributed by atoms with van der Waals surface area (Å²) in [5.74, 6) is 0.179. The number of likely N-dealkylation sites (N-methyl/N-ethyl adjacent to an activating group) is 1. The molecule has 0 fully saturated rings. The van der Waals surface area contributed by atoms with Crippen molar-refractivity contribution in [2.75, 3.05) is 26.0 Å². The second-order valence-electron chi connectivity index (χ2n) is 5.53. The summed E-state index contributed by atoms with van der Waals surface area (Å²) in [5, 5.41) is 12.4. The Morgan fingerprint density at radius 2 is 2.05 bits per heavy atom. The van der Waals surface area contributed by atoms with Crippen molar-refractivity contribution in [1.82, 2.24) is 4.90 Å². The maximum atomic E-state index is 13.1. The largest absolute Gasteiger partial charge is 0.380 e. The molecule has 3 nitrogen and oxygen atoms in total. The van der Waals surface area contributed by atoms with Crippen LogP contribution in [0.5, 0.6) is 0 Å². The molecule has 0 heterocycles. The summed E-state index contributed by atoms with van der Waals surface area (Å²) < 4.78 is 13.1. The van der Waals surface area contributed by atoms with Crippen molar-refractivity contribution < 1.29 is 4.39 Å². The van der Waals surface area contributed by atoms with Crippen molar-refractivity contribution in [3.05, 3.63) is 29.6 Å². The summed E-state index contributed by atoms with van der Waals surface area (Å²) in [6.45, 7) is 5.21. The minimum absolute atomic E-state index is 0.243. The zero-order valence-electron chi connectivity index (χ0n) is 12.1. The Hall–Kier alpha value is -1.60. The van der Waals surface area contributed by atoms with Crippen LogP contribution in [0.15, 0.2) is 18.2 Å². The summed E-state index contributed by atoms with van der Waals surface area (Å²) in [6, 6.07) is 6.56. The molecular formula is C15H22FN3. The summed E-state index contributed by atoms with van der Waals surface area (Å²) in [6.07, 6.45) is 1.00. The molecule has 0 saturated heterocycles. The van der Waals surface area contributed by atoms with Gasteiger partial charge in [-0.25, -0.2) is 4.39 Å². The Balaban J connectivity index is 2.86. The normalized spacial score (nSPS) is 12.5. The van der Waals surface area contributed by atoms with E-state index in [1.165, 1.54) is 12.1 Å². The highest BCUT2D eigenvalue weighted by Crippen LogP contribution is 2.19. The fourth-order valence-corrected chi connectivity index (χ4v) is 2.14. The van der Waals surface area contributed by atoms with Gasteiger partial charge in [0.2, 0.25) is 0 Å². The Labute approximate surface area is 115 Å². The van der Waals surface area contributed by atoms with Crippen LogP contribution in [-0.2, 0) is 0 Å². The van der Waals surface area contributed by atoms with Gasteiger partial charge in [-0.1, -0.05) is 13.8 Å². The van der Waals surface area contributed by atoms with Gasteiger partial charge >= 0.3 is 0 Å². The van der Waals surface area contributed by atoms with Gasteiger partial charge in [-0.2, -0.15) is 5.26 Å². The molecule has 0 saturated carbocycles. The smallest absolute Gasteiger partial charge is 0.124 e. The van der Waals surface area contributed by atoms with E-state index in [1.54, 1.807) is 6.07 Å².